The van der Waals surface area contributed by atoms with Crippen LogP contribution >= 0.6 is 0 Å². The molecule has 0 aromatic heterocycles. The number of aliphatic carboxylic acids is 1. The maximum Gasteiger partial charge on any atom is 0.329 e. The summed E-state index contributed by atoms with van der Waals surface area (Å²) in [5.41, 5.74) is 0.328. The Kier molecular flexibility index (Phi) is 4.41. The first-order chi connectivity index (χ1) is 10.7. The molecule has 0 bridgehead atoms. The van der Waals surface area contributed by atoms with E-state index in [0.29, 0.717) is 11.1 Å². The van der Waals surface area contributed by atoms with Crippen molar-refractivity contribution in [1.29, 1.82) is 0 Å². The lowest BCUT2D eigenvalue weighted by molar-refractivity contribution is -0.131. The molecule has 0 saturated heterocycles. The molecule has 5 heteroatoms. The number of carbonyl (C=O) groups is 1. The Morgan fingerprint density at radius 2 is 2.22 bits per heavy atom. The van der Waals surface area contributed by atoms with Crippen LogP contribution < -0.4 is 0 Å². The minimum Gasteiger partial charge on any atom is -0.478 e. The summed E-state index contributed by atoms with van der Waals surface area (Å²) in [6.45, 7) is 7.55. The first-order valence-corrected chi connectivity index (χ1v) is 7.65. The highest BCUT2D eigenvalue weighted by atomic mass is 16.6. The van der Waals surface area contributed by atoms with Gasteiger partial charge in [-0.2, -0.15) is 0 Å². The van der Waals surface area contributed by atoms with Gasteiger partial charge in [-0.3, -0.25) is 0 Å². The summed E-state index contributed by atoms with van der Waals surface area (Å²) in [5, 5.41) is 24.1. The van der Waals surface area contributed by atoms with E-state index in [1.165, 1.54) is 7.11 Å². The Balaban J connectivity index is 2.44. The van der Waals surface area contributed by atoms with Crippen molar-refractivity contribution in [2.45, 2.75) is 39.7 Å². The van der Waals surface area contributed by atoms with E-state index in [0.717, 1.165) is 18.2 Å². The number of aliphatic hydroxyl groups is 1. The topological polar surface area (TPSA) is 79.1 Å². The summed E-state index contributed by atoms with van der Waals surface area (Å²) >= 11 is 0. The van der Waals surface area contributed by atoms with Crippen molar-refractivity contribution >= 4 is 11.7 Å². The molecule has 3 atom stereocenters. The lowest BCUT2D eigenvalue weighted by atomic mass is 9.74. The first kappa shape index (κ1) is 17.3. The van der Waals surface area contributed by atoms with Gasteiger partial charge in [-0.25, -0.2) is 4.79 Å². The molecule has 1 saturated carbocycles. The predicted molar refractivity (Wildman–Crippen MR) is 87.7 cm³/mol. The summed E-state index contributed by atoms with van der Waals surface area (Å²) < 4.78 is 0. The van der Waals surface area contributed by atoms with Crippen molar-refractivity contribution in [2.75, 3.05) is 7.11 Å². The van der Waals surface area contributed by atoms with E-state index >= 15 is 0 Å². The molecule has 0 aliphatic heterocycles. The lowest BCUT2D eigenvalue weighted by Crippen LogP contribution is -2.42. The molecular weight excluding hydrogens is 294 g/mol. The smallest absolute Gasteiger partial charge is 0.329 e. The third-order valence-electron chi connectivity index (χ3n) is 4.84. The van der Waals surface area contributed by atoms with Crippen LogP contribution in [-0.2, 0) is 9.63 Å². The van der Waals surface area contributed by atoms with Crippen molar-refractivity contribution in [1.82, 2.24) is 0 Å². The van der Waals surface area contributed by atoms with E-state index < -0.39 is 17.0 Å². The van der Waals surface area contributed by atoms with Crippen molar-refractivity contribution in [3.63, 3.8) is 0 Å². The largest absolute Gasteiger partial charge is 0.478 e. The summed E-state index contributed by atoms with van der Waals surface area (Å²) in [7, 11) is 1.50. The van der Waals surface area contributed by atoms with Crippen LogP contribution in [-0.4, -0.2) is 34.6 Å². The van der Waals surface area contributed by atoms with Gasteiger partial charge in [0.15, 0.2) is 5.60 Å². The molecule has 0 aromatic carbocycles. The van der Waals surface area contributed by atoms with Crippen molar-refractivity contribution in [3.05, 3.63) is 23.3 Å². The van der Waals surface area contributed by atoms with Crippen LogP contribution in [0, 0.1) is 29.1 Å². The molecule has 0 amide bonds. The molecule has 2 N–H and O–H groups in total. The second-order valence-electron chi connectivity index (χ2n) is 6.75. The van der Waals surface area contributed by atoms with Crippen LogP contribution in [0.1, 0.15) is 34.1 Å². The van der Waals surface area contributed by atoms with Gasteiger partial charge in [0.25, 0.3) is 0 Å². The molecule has 0 radical (unpaired) electrons. The van der Waals surface area contributed by atoms with Gasteiger partial charge in [0.2, 0.25) is 0 Å². The molecule has 3 unspecified atom stereocenters. The van der Waals surface area contributed by atoms with Crippen molar-refractivity contribution < 1.29 is 19.8 Å². The predicted octanol–water partition coefficient (Wildman–Crippen LogP) is 2.38. The lowest BCUT2D eigenvalue weighted by Gasteiger charge is -2.34. The molecular formula is C18H23NO4. The van der Waals surface area contributed by atoms with E-state index in [-0.39, 0.29) is 11.8 Å². The molecule has 2 aliphatic rings. The summed E-state index contributed by atoms with van der Waals surface area (Å²) in [6.07, 6.45) is 3.69. The van der Waals surface area contributed by atoms with E-state index in [2.05, 4.69) is 17.0 Å². The van der Waals surface area contributed by atoms with Crippen LogP contribution in [0.25, 0.3) is 0 Å². The molecule has 124 valence electrons. The number of carboxylic acid groups (broad SMARTS) is 1. The minimum absolute atomic E-state index is 0.0245. The molecule has 1 fully saturated rings. The number of carboxylic acids is 1. The molecule has 2 rings (SSSR count). The van der Waals surface area contributed by atoms with Crippen LogP contribution in [0.15, 0.2) is 28.5 Å². The van der Waals surface area contributed by atoms with Gasteiger partial charge < -0.3 is 15.1 Å². The minimum atomic E-state index is -1.28. The van der Waals surface area contributed by atoms with E-state index in [1.807, 2.05) is 33.8 Å². The fourth-order valence-corrected chi connectivity index (χ4v) is 3.15. The Morgan fingerprint density at radius 1 is 1.57 bits per heavy atom. The zero-order valence-electron chi connectivity index (χ0n) is 14.2. The third-order valence-corrected chi connectivity index (χ3v) is 4.84. The normalized spacial score (nSPS) is 34.4. The number of hydrogen-bond donors (Lipinski definition) is 2. The van der Waals surface area contributed by atoms with Gasteiger partial charge in [0.1, 0.15) is 7.11 Å². The van der Waals surface area contributed by atoms with Gasteiger partial charge >= 0.3 is 5.97 Å². The summed E-state index contributed by atoms with van der Waals surface area (Å²) in [5.74, 6) is 4.88. The van der Waals surface area contributed by atoms with Gasteiger partial charge in [0.05, 0.1) is 5.71 Å². The Morgan fingerprint density at radius 3 is 2.74 bits per heavy atom. The number of fused-ring (bicyclic) bond motifs is 1. The molecule has 0 spiro atoms. The third kappa shape index (κ3) is 2.91. The average molecular weight is 317 g/mol. The quantitative estimate of drug-likeness (QED) is 0.476. The maximum atomic E-state index is 11.1. The van der Waals surface area contributed by atoms with Crippen molar-refractivity contribution in [3.8, 4) is 11.8 Å². The van der Waals surface area contributed by atoms with Crippen LogP contribution in [0.3, 0.4) is 0 Å². The van der Waals surface area contributed by atoms with Crippen LogP contribution in [0.5, 0.6) is 0 Å². The number of rotatable bonds is 3. The summed E-state index contributed by atoms with van der Waals surface area (Å²) in [4.78, 5) is 15.8. The molecule has 0 heterocycles. The van der Waals surface area contributed by atoms with Crippen LogP contribution in [0.2, 0.25) is 0 Å². The first-order valence-electron chi connectivity index (χ1n) is 7.65. The highest BCUT2D eigenvalue weighted by Gasteiger charge is 2.67. The van der Waals surface area contributed by atoms with Gasteiger partial charge in [-0.05, 0) is 30.9 Å². The summed E-state index contributed by atoms with van der Waals surface area (Å²) in [6, 6.07) is 0. The van der Waals surface area contributed by atoms with Gasteiger partial charge in [-0.15, -0.1) is 0 Å². The van der Waals surface area contributed by atoms with E-state index in [4.69, 9.17) is 9.94 Å². The monoisotopic (exact) mass is 317 g/mol. The van der Waals surface area contributed by atoms with Gasteiger partial charge in [-0.1, -0.05) is 37.8 Å². The zero-order chi connectivity index (χ0) is 17.4. The second-order valence-corrected chi connectivity index (χ2v) is 6.75. The fourth-order valence-electron chi connectivity index (χ4n) is 3.15. The Hall–Kier alpha value is -2.06. The number of hydrogen-bond acceptors (Lipinski definition) is 4. The average Bonchev–Trinajstić information content (AvgIpc) is 3.15. The molecule has 5 nitrogen and oxygen atoms in total. The fraction of sp³-hybridized carbons (Fsp3) is 0.556. The van der Waals surface area contributed by atoms with Crippen LogP contribution in [0.4, 0.5) is 0 Å². The van der Waals surface area contributed by atoms with E-state index in [1.54, 1.807) is 0 Å². The van der Waals surface area contributed by atoms with Gasteiger partial charge in [0, 0.05) is 23.0 Å². The second kappa shape index (κ2) is 5.86. The molecule has 0 aromatic rings. The highest BCUT2D eigenvalue weighted by Crippen LogP contribution is 2.64. The SMILES string of the molecule is CON=C1C=C(C)C(O)(C#CC(=CC(=O)O)C(C)C)C2(C)CC12. The highest BCUT2D eigenvalue weighted by molar-refractivity contribution is 6.02. The number of nitrogens with zero attached hydrogens (tertiary/aromatic N) is 1. The zero-order valence-corrected chi connectivity index (χ0v) is 14.2. The Labute approximate surface area is 136 Å². The Bertz CT molecular complexity index is 677. The molecule has 2 aliphatic carbocycles. The number of oxime groups is 1. The van der Waals surface area contributed by atoms with Crippen molar-refractivity contribution in [2.24, 2.45) is 22.4 Å². The molecule has 23 heavy (non-hydrogen) atoms. The maximum absolute atomic E-state index is 11.1. The standard InChI is InChI=1S/C18H23NO4/c1-11(2)13(9-16(20)21)6-7-18(22)12(3)8-15(19-23-5)14-10-17(14,18)4/h8-9,11,14,22H,10H2,1-5H3,(H,20,21). The van der Waals surface area contributed by atoms with E-state index in [9.17, 15) is 9.90 Å². The number of allylic oxidation sites excluding steroid dienone is 2.